The number of rotatable bonds is 5. The molecule has 1 fully saturated rings. The van der Waals surface area contributed by atoms with Crippen LogP contribution in [0.15, 0.2) is 78.2 Å². The van der Waals surface area contributed by atoms with Gasteiger partial charge in [-0.2, -0.15) is 13.2 Å². The fourth-order valence-electron chi connectivity index (χ4n) is 4.60. The number of nitrogens with one attached hydrogen (secondary N) is 4. The highest BCUT2D eigenvalue weighted by Gasteiger charge is 2.33. The number of urea groups is 1. The summed E-state index contributed by atoms with van der Waals surface area (Å²) >= 11 is 0. The number of benzene rings is 2. The molecule has 0 spiro atoms. The number of para-hydroxylation sites is 1. The molecule has 2 aromatic heterocycles. The van der Waals surface area contributed by atoms with E-state index in [4.69, 9.17) is 0 Å². The van der Waals surface area contributed by atoms with Crippen molar-refractivity contribution in [1.29, 1.82) is 0 Å². The van der Waals surface area contributed by atoms with E-state index in [-0.39, 0.29) is 34.0 Å². The topological polar surface area (TPSA) is 150 Å². The van der Waals surface area contributed by atoms with E-state index in [9.17, 15) is 31.9 Å². The number of hydrogen-bond acceptors (Lipinski definition) is 7. The van der Waals surface area contributed by atoms with Gasteiger partial charge in [-0.3, -0.25) is 15.0 Å². The van der Waals surface area contributed by atoms with Crippen molar-refractivity contribution in [1.82, 2.24) is 31.1 Å². The largest absolute Gasteiger partial charge is 0.417 e. The van der Waals surface area contributed by atoms with Crippen LogP contribution in [0.25, 0.3) is 11.1 Å². The number of fused-ring (bicyclic) bond motifs is 1. The van der Waals surface area contributed by atoms with Crippen LogP contribution < -0.4 is 21.5 Å². The summed E-state index contributed by atoms with van der Waals surface area (Å²) in [6.07, 6.45) is -1.38. The van der Waals surface area contributed by atoms with Gasteiger partial charge in [0.1, 0.15) is 17.3 Å². The Morgan fingerprint density at radius 2 is 1.60 bits per heavy atom. The number of aromatic nitrogens is 3. The number of amides is 4. The van der Waals surface area contributed by atoms with E-state index in [1.807, 2.05) is 5.43 Å². The standard InChI is InChI=1S/C30H22F4N8O3/c31-21-8-4-7-19-22(15-5-2-1-3-6-15)38-26(28(44)39-23(19)21)40-29(45)42-41-27(43)24-20(11-18(14-35-24)30(32,33)34)17-12-36-25(37-13-17)16-9-10-16/h1-8,11-14,16,26H,9-10H2,(H,39,44)(H,41,43)(H2,40,42,45). The van der Waals surface area contributed by atoms with Crippen LogP contribution >= 0.6 is 0 Å². The van der Waals surface area contributed by atoms with Gasteiger partial charge in [-0.15, -0.1) is 0 Å². The molecule has 1 atom stereocenters. The maximum absolute atomic E-state index is 14.7. The number of pyridine rings is 1. The Morgan fingerprint density at radius 3 is 2.29 bits per heavy atom. The van der Waals surface area contributed by atoms with E-state index >= 15 is 0 Å². The summed E-state index contributed by atoms with van der Waals surface area (Å²) in [7, 11) is 0. The third-order valence-corrected chi connectivity index (χ3v) is 6.98. The van der Waals surface area contributed by atoms with Gasteiger partial charge in [0.25, 0.3) is 11.8 Å². The summed E-state index contributed by atoms with van der Waals surface area (Å²) < 4.78 is 55.1. The van der Waals surface area contributed by atoms with Crippen molar-refractivity contribution < 1.29 is 31.9 Å². The van der Waals surface area contributed by atoms with Gasteiger partial charge < -0.3 is 10.6 Å². The molecule has 15 heteroatoms. The number of carbonyl (C=O) groups excluding carboxylic acids is 3. The molecule has 0 saturated heterocycles. The van der Waals surface area contributed by atoms with Crippen LogP contribution in [0.3, 0.4) is 0 Å². The van der Waals surface area contributed by atoms with Crippen LogP contribution in [0.5, 0.6) is 0 Å². The highest BCUT2D eigenvalue weighted by atomic mass is 19.4. The molecule has 1 saturated carbocycles. The van der Waals surface area contributed by atoms with Gasteiger partial charge in [-0.25, -0.2) is 34.6 Å². The van der Waals surface area contributed by atoms with Crippen molar-refractivity contribution >= 4 is 29.2 Å². The number of nitrogens with zero attached hydrogens (tertiary/aromatic N) is 4. The molecule has 11 nitrogen and oxygen atoms in total. The molecule has 1 unspecified atom stereocenters. The van der Waals surface area contributed by atoms with Gasteiger partial charge in [0.2, 0.25) is 6.17 Å². The molecule has 1 aliphatic heterocycles. The van der Waals surface area contributed by atoms with Gasteiger partial charge >= 0.3 is 12.2 Å². The zero-order valence-corrected chi connectivity index (χ0v) is 23.0. The number of alkyl halides is 3. The van der Waals surface area contributed by atoms with E-state index in [0.717, 1.165) is 25.0 Å². The summed E-state index contributed by atoms with van der Waals surface area (Å²) in [6.45, 7) is 0. The molecular formula is C30H22F4N8O3. The molecule has 4 amide bonds. The van der Waals surface area contributed by atoms with Crippen LogP contribution in [-0.2, 0) is 11.0 Å². The molecule has 4 aromatic rings. The normalized spacial score (nSPS) is 16.0. The highest BCUT2D eigenvalue weighted by molar-refractivity contribution is 6.20. The Morgan fingerprint density at radius 1 is 0.867 bits per heavy atom. The lowest BCUT2D eigenvalue weighted by molar-refractivity contribution is -0.137. The molecule has 228 valence electrons. The molecule has 2 aliphatic rings. The van der Waals surface area contributed by atoms with E-state index < -0.39 is 47.3 Å². The fraction of sp³-hybridized carbons (Fsp3) is 0.167. The maximum Gasteiger partial charge on any atom is 0.417 e. The van der Waals surface area contributed by atoms with E-state index in [0.29, 0.717) is 17.6 Å². The fourth-order valence-corrected chi connectivity index (χ4v) is 4.60. The number of halogens is 4. The summed E-state index contributed by atoms with van der Waals surface area (Å²) in [4.78, 5) is 55.3. The first-order valence-electron chi connectivity index (χ1n) is 13.6. The van der Waals surface area contributed by atoms with Crippen LogP contribution in [0.4, 0.5) is 28.0 Å². The number of hydrogen-bond donors (Lipinski definition) is 4. The summed E-state index contributed by atoms with van der Waals surface area (Å²) in [5, 5.41) is 4.71. The molecule has 0 radical (unpaired) electrons. The van der Waals surface area contributed by atoms with Crippen LogP contribution in [0, 0.1) is 5.82 Å². The molecule has 2 aromatic carbocycles. The molecule has 45 heavy (non-hydrogen) atoms. The minimum atomic E-state index is -4.75. The second-order valence-electron chi connectivity index (χ2n) is 10.2. The first kappa shape index (κ1) is 29.3. The third-order valence-electron chi connectivity index (χ3n) is 6.98. The molecule has 6 rings (SSSR count). The van der Waals surface area contributed by atoms with Gasteiger partial charge in [0, 0.05) is 46.8 Å². The van der Waals surface area contributed by atoms with Gasteiger partial charge in [-0.05, 0) is 25.0 Å². The molecule has 1 aliphatic carbocycles. The molecule has 4 N–H and O–H groups in total. The molecule has 0 bridgehead atoms. The first-order valence-corrected chi connectivity index (χ1v) is 13.6. The lowest BCUT2D eigenvalue weighted by Gasteiger charge is -2.16. The zero-order chi connectivity index (χ0) is 31.7. The van der Waals surface area contributed by atoms with Crippen molar-refractivity contribution in [3.05, 3.63) is 107 Å². The SMILES string of the molecule is O=C(NNC(=O)c1ncc(C(F)(F)F)cc1-c1cnc(C2CC2)nc1)NC1N=C(c2ccccc2)c2cccc(F)c2NC1=O. The summed E-state index contributed by atoms with van der Waals surface area (Å²) in [5.41, 5.74) is 3.36. The Bertz CT molecular complexity index is 1830. The quantitative estimate of drug-likeness (QED) is 0.193. The number of anilines is 1. The predicted molar refractivity (Wildman–Crippen MR) is 152 cm³/mol. The third kappa shape index (κ3) is 6.32. The van der Waals surface area contributed by atoms with Crippen LogP contribution in [0.2, 0.25) is 0 Å². The van der Waals surface area contributed by atoms with Crippen LogP contribution in [0.1, 0.15) is 51.8 Å². The molecule has 3 heterocycles. The van der Waals surface area contributed by atoms with Crippen LogP contribution in [-0.4, -0.2) is 44.7 Å². The Hall–Kier alpha value is -5.73. The Balaban J connectivity index is 1.21. The minimum absolute atomic E-state index is 0.109. The second-order valence-corrected chi connectivity index (χ2v) is 10.2. The smallest absolute Gasteiger partial charge is 0.320 e. The number of aliphatic imine (C=N–C) groups is 1. The number of carbonyl (C=O) groups is 3. The van der Waals surface area contributed by atoms with E-state index in [2.05, 4.69) is 36.0 Å². The lowest BCUT2D eigenvalue weighted by Crippen LogP contribution is -2.52. The van der Waals surface area contributed by atoms with Gasteiger partial charge in [-0.1, -0.05) is 42.5 Å². The first-order chi connectivity index (χ1) is 21.6. The van der Waals surface area contributed by atoms with Crippen molar-refractivity contribution in [3.63, 3.8) is 0 Å². The number of benzodiazepines with no additional fused rings is 1. The van der Waals surface area contributed by atoms with E-state index in [1.165, 1.54) is 18.5 Å². The van der Waals surface area contributed by atoms with Crippen molar-refractivity contribution in [2.75, 3.05) is 5.32 Å². The summed E-state index contributed by atoms with van der Waals surface area (Å²) in [5.74, 6) is -1.90. The second kappa shape index (κ2) is 11.7. The Labute approximate surface area is 252 Å². The average Bonchev–Trinajstić information content (AvgIpc) is 3.89. The van der Waals surface area contributed by atoms with Crippen molar-refractivity contribution in [2.24, 2.45) is 4.99 Å². The van der Waals surface area contributed by atoms with E-state index in [1.54, 1.807) is 36.4 Å². The van der Waals surface area contributed by atoms with Crippen molar-refractivity contribution in [3.8, 4) is 11.1 Å². The van der Waals surface area contributed by atoms with Gasteiger partial charge in [0.05, 0.1) is 17.0 Å². The van der Waals surface area contributed by atoms with Gasteiger partial charge in [0.15, 0.2) is 0 Å². The minimum Gasteiger partial charge on any atom is -0.320 e. The molecular weight excluding hydrogens is 596 g/mol. The number of hydrazine groups is 1. The average molecular weight is 619 g/mol. The maximum atomic E-state index is 14.7. The Kier molecular flexibility index (Phi) is 7.66. The zero-order valence-electron chi connectivity index (χ0n) is 23.0. The predicted octanol–water partition coefficient (Wildman–Crippen LogP) is 4.33. The monoisotopic (exact) mass is 618 g/mol. The van der Waals surface area contributed by atoms with Crippen molar-refractivity contribution in [2.45, 2.75) is 31.1 Å². The summed E-state index contributed by atoms with van der Waals surface area (Å²) in [6, 6.07) is 12.4. The highest BCUT2D eigenvalue weighted by Crippen LogP contribution is 2.38. The lowest BCUT2D eigenvalue weighted by atomic mass is 10.0.